The highest BCUT2D eigenvalue weighted by molar-refractivity contribution is 9.10. The van der Waals surface area contributed by atoms with Gasteiger partial charge in [-0.3, -0.25) is 4.79 Å². The van der Waals surface area contributed by atoms with Gasteiger partial charge >= 0.3 is 0 Å². The molecule has 1 aromatic carbocycles. The van der Waals surface area contributed by atoms with E-state index < -0.39 is 0 Å². The molecule has 0 aliphatic carbocycles. The molecule has 2 rings (SSSR count). The highest BCUT2D eigenvalue weighted by Crippen LogP contribution is 2.31. The number of piperidine rings is 1. The molecule has 0 saturated carbocycles. The maximum absolute atomic E-state index is 12.5. The number of amides is 1. The summed E-state index contributed by atoms with van der Waals surface area (Å²) in [6.07, 6.45) is 2.21. The Labute approximate surface area is 123 Å². The first kappa shape index (κ1) is 14.5. The molecular weight excluding hydrogens is 304 g/mol. The zero-order valence-electron chi connectivity index (χ0n) is 11.7. The molecule has 1 aromatic rings. The number of hydrogen-bond donors (Lipinski definition) is 2. The molecule has 1 aliphatic rings. The number of carbonyl (C=O) groups is 1. The molecule has 19 heavy (non-hydrogen) atoms. The van der Waals surface area contributed by atoms with Crippen molar-refractivity contribution in [1.82, 2.24) is 5.32 Å². The Morgan fingerprint density at radius 2 is 2.21 bits per heavy atom. The van der Waals surface area contributed by atoms with Crippen LogP contribution < -0.4 is 10.6 Å². The van der Waals surface area contributed by atoms with Crippen LogP contribution in [0.2, 0.25) is 0 Å². The summed E-state index contributed by atoms with van der Waals surface area (Å²) in [6, 6.07) is 5.80. The molecule has 104 valence electrons. The van der Waals surface area contributed by atoms with Crippen LogP contribution in [0.25, 0.3) is 0 Å². The minimum absolute atomic E-state index is 0.00223. The number of carbonyl (C=O) groups excluding carboxylic acids is 1. The summed E-state index contributed by atoms with van der Waals surface area (Å²) in [7, 11) is 0. The van der Waals surface area contributed by atoms with E-state index in [9.17, 15) is 4.79 Å². The third kappa shape index (κ3) is 3.37. The fourth-order valence-corrected chi connectivity index (χ4v) is 2.95. The first-order valence-corrected chi connectivity index (χ1v) is 7.50. The lowest BCUT2D eigenvalue weighted by molar-refractivity contribution is -0.121. The highest BCUT2D eigenvalue weighted by Gasteiger charge is 2.37. The van der Waals surface area contributed by atoms with Crippen molar-refractivity contribution in [2.24, 2.45) is 5.41 Å². The van der Waals surface area contributed by atoms with Crippen LogP contribution in [0.3, 0.4) is 0 Å². The van der Waals surface area contributed by atoms with Crippen LogP contribution in [0.4, 0.5) is 5.69 Å². The van der Waals surface area contributed by atoms with Crippen molar-refractivity contribution < 1.29 is 4.79 Å². The molecule has 1 amide bonds. The molecule has 1 saturated heterocycles. The molecule has 4 heteroatoms. The average molecular weight is 325 g/mol. The lowest BCUT2D eigenvalue weighted by Crippen LogP contribution is -2.53. The van der Waals surface area contributed by atoms with Crippen LogP contribution in [0.1, 0.15) is 32.3 Å². The Morgan fingerprint density at radius 3 is 2.89 bits per heavy atom. The SMILES string of the molecule is Cc1ccc(Br)cc1NC(=O)C1NCCCC1(C)C. The van der Waals surface area contributed by atoms with Gasteiger partial charge in [0.1, 0.15) is 0 Å². The molecule has 1 aliphatic heterocycles. The van der Waals surface area contributed by atoms with Crippen molar-refractivity contribution in [1.29, 1.82) is 0 Å². The second kappa shape index (κ2) is 5.63. The molecule has 3 nitrogen and oxygen atoms in total. The smallest absolute Gasteiger partial charge is 0.242 e. The van der Waals surface area contributed by atoms with E-state index in [2.05, 4.69) is 40.4 Å². The topological polar surface area (TPSA) is 41.1 Å². The summed E-state index contributed by atoms with van der Waals surface area (Å²) in [6.45, 7) is 7.22. The van der Waals surface area contributed by atoms with E-state index in [-0.39, 0.29) is 17.4 Å². The quantitative estimate of drug-likeness (QED) is 0.874. The minimum Gasteiger partial charge on any atom is -0.324 e. The minimum atomic E-state index is -0.125. The van der Waals surface area contributed by atoms with Crippen LogP contribution in [-0.4, -0.2) is 18.5 Å². The van der Waals surface area contributed by atoms with Crippen molar-refractivity contribution >= 4 is 27.5 Å². The van der Waals surface area contributed by atoms with Gasteiger partial charge in [-0.25, -0.2) is 0 Å². The molecule has 0 aromatic heterocycles. The average Bonchev–Trinajstić information content (AvgIpc) is 2.33. The monoisotopic (exact) mass is 324 g/mol. The molecule has 0 bridgehead atoms. The Bertz CT molecular complexity index is 485. The van der Waals surface area contributed by atoms with Crippen molar-refractivity contribution in [2.75, 3.05) is 11.9 Å². The van der Waals surface area contributed by atoms with Crippen molar-refractivity contribution in [3.8, 4) is 0 Å². The molecule has 2 N–H and O–H groups in total. The Hall–Kier alpha value is -0.870. The normalized spacial score (nSPS) is 22.0. The molecule has 1 unspecified atom stereocenters. The molecular formula is C15H21BrN2O. The second-order valence-corrected chi connectivity index (χ2v) is 6.84. The van der Waals surface area contributed by atoms with Gasteiger partial charge in [0.15, 0.2) is 0 Å². The molecule has 0 spiro atoms. The third-order valence-corrected chi connectivity index (χ3v) is 4.34. The Kier molecular flexibility index (Phi) is 4.31. The first-order chi connectivity index (χ1) is 8.90. The van der Waals surface area contributed by atoms with Crippen LogP contribution in [0, 0.1) is 12.3 Å². The van der Waals surface area contributed by atoms with Gasteiger partial charge in [-0.15, -0.1) is 0 Å². The number of nitrogens with one attached hydrogen (secondary N) is 2. The van der Waals surface area contributed by atoms with Gasteiger partial charge in [0.05, 0.1) is 6.04 Å². The number of halogens is 1. The third-order valence-electron chi connectivity index (χ3n) is 3.85. The van der Waals surface area contributed by atoms with Crippen LogP contribution in [-0.2, 0) is 4.79 Å². The number of aryl methyl sites for hydroxylation is 1. The van der Waals surface area contributed by atoms with E-state index in [1.165, 1.54) is 0 Å². The van der Waals surface area contributed by atoms with Gasteiger partial charge in [0.25, 0.3) is 0 Å². The molecule has 1 heterocycles. The number of anilines is 1. The van der Waals surface area contributed by atoms with Crippen molar-refractivity contribution in [2.45, 2.75) is 39.7 Å². The van der Waals surface area contributed by atoms with E-state index in [1.54, 1.807) is 0 Å². The van der Waals surface area contributed by atoms with E-state index in [1.807, 2.05) is 25.1 Å². The predicted molar refractivity (Wildman–Crippen MR) is 82.3 cm³/mol. The molecule has 1 fully saturated rings. The van der Waals surface area contributed by atoms with Gasteiger partial charge in [-0.1, -0.05) is 35.8 Å². The van der Waals surface area contributed by atoms with Gasteiger partial charge < -0.3 is 10.6 Å². The van der Waals surface area contributed by atoms with Crippen LogP contribution in [0.5, 0.6) is 0 Å². The molecule has 0 radical (unpaired) electrons. The summed E-state index contributed by atoms with van der Waals surface area (Å²) in [5.41, 5.74) is 1.95. The van der Waals surface area contributed by atoms with Gasteiger partial charge in [0, 0.05) is 10.2 Å². The summed E-state index contributed by atoms with van der Waals surface area (Å²) < 4.78 is 0.976. The zero-order chi connectivity index (χ0) is 14.0. The van der Waals surface area contributed by atoms with E-state index in [0.717, 1.165) is 35.1 Å². The Morgan fingerprint density at radius 1 is 1.47 bits per heavy atom. The van der Waals surface area contributed by atoms with Crippen LogP contribution in [0.15, 0.2) is 22.7 Å². The van der Waals surface area contributed by atoms with E-state index in [0.29, 0.717) is 0 Å². The number of rotatable bonds is 2. The number of hydrogen-bond acceptors (Lipinski definition) is 2. The molecule has 1 atom stereocenters. The largest absolute Gasteiger partial charge is 0.324 e. The van der Waals surface area contributed by atoms with E-state index in [4.69, 9.17) is 0 Å². The van der Waals surface area contributed by atoms with Crippen molar-refractivity contribution in [3.63, 3.8) is 0 Å². The number of benzene rings is 1. The summed E-state index contributed by atoms with van der Waals surface area (Å²) in [5.74, 6) is 0.0610. The fraction of sp³-hybridized carbons (Fsp3) is 0.533. The lowest BCUT2D eigenvalue weighted by Gasteiger charge is -2.38. The first-order valence-electron chi connectivity index (χ1n) is 6.70. The van der Waals surface area contributed by atoms with Gasteiger partial charge in [-0.2, -0.15) is 0 Å². The lowest BCUT2D eigenvalue weighted by atomic mass is 9.77. The highest BCUT2D eigenvalue weighted by atomic mass is 79.9. The Balaban J connectivity index is 2.14. The van der Waals surface area contributed by atoms with Crippen LogP contribution >= 0.6 is 15.9 Å². The predicted octanol–water partition coefficient (Wildman–Crippen LogP) is 3.47. The van der Waals surface area contributed by atoms with Gasteiger partial charge in [0.2, 0.25) is 5.91 Å². The van der Waals surface area contributed by atoms with Gasteiger partial charge in [-0.05, 0) is 49.4 Å². The second-order valence-electron chi connectivity index (χ2n) is 5.93. The summed E-state index contributed by atoms with van der Waals surface area (Å²) in [5, 5.41) is 6.38. The summed E-state index contributed by atoms with van der Waals surface area (Å²) >= 11 is 3.44. The maximum atomic E-state index is 12.5. The fourth-order valence-electron chi connectivity index (χ4n) is 2.59. The standard InChI is InChI=1S/C15H21BrN2O/c1-10-5-6-11(16)9-12(10)18-14(19)13-15(2,3)7-4-8-17-13/h5-6,9,13,17H,4,7-8H2,1-3H3,(H,18,19). The summed E-state index contributed by atoms with van der Waals surface area (Å²) in [4.78, 5) is 12.5. The zero-order valence-corrected chi connectivity index (χ0v) is 13.3. The maximum Gasteiger partial charge on any atom is 0.242 e. The van der Waals surface area contributed by atoms with E-state index >= 15 is 0 Å². The van der Waals surface area contributed by atoms with Crippen molar-refractivity contribution in [3.05, 3.63) is 28.2 Å².